The van der Waals surface area contributed by atoms with Crippen molar-refractivity contribution in [3.63, 3.8) is 0 Å². The highest BCUT2D eigenvalue weighted by Crippen LogP contribution is 2.37. The van der Waals surface area contributed by atoms with Gasteiger partial charge in [-0.3, -0.25) is 9.59 Å². The molecular weight excluding hydrogens is 284 g/mol. The summed E-state index contributed by atoms with van der Waals surface area (Å²) < 4.78 is 5.62. The Hall–Kier alpha value is -2.04. The molecule has 0 radical (unpaired) electrons. The highest BCUT2D eigenvalue weighted by Gasteiger charge is 2.39. The Morgan fingerprint density at radius 2 is 1.41 bits per heavy atom. The topological polar surface area (TPSA) is 83.8 Å². The van der Waals surface area contributed by atoms with Gasteiger partial charge in [0, 0.05) is 0 Å². The van der Waals surface area contributed by atoms with Crippen LogP contribution in [0.2, 0.25) is 0 Å². The third-order valence-electron chi connectivity index (χ3n) is 3.78. The summed E-state index contributed by atoms with van der Waals surface area (Å²) in [6.45, 7) is 9.99. The van der Waals surface area contributed by atoms with Crippen molar-refractivity contribution in [3.05, 3.63) is 29.3 Å². The van der Waals surface area contributed by atoms with Gasteiger partial charge in [0.2, 0.25) is 0 Å². The second-order valence-corrected chi connectivity index (χ2v) is 6.73. The summed E-state index contributed by atoms with van der Waals surface area (Å²) in [7, 11) is 0. The van der Waals surface area contributed by atoms with E-state index in [1.807, 2.05) is 13.8 Å². The average molecular weight is 308 g/mol. The van der Waals surface area contributed by atoms with Crippen LogP contribution in [0, 0.1) is 0 Å². The van der Waals surface area contributed by atoms with Gasteiger partial charge in [-0.25, -0.2) is 0 Å². The predicted octanol–water partition coefficient (Wildman–Crippen LogP) is 3.20. The van der Waals surface area contributed by atoms with Crippen molar-refractivity contribution in [1.82, 2.24) is 0 Å². The van der Waals surface area contributed by atoms with Gasteiger partial charge in [-0.15, -0.1) is 0 Å². The summed E-state index contributed by atoms with van der Waals surface area (Å²) in [5, 5.41) is 19.0. The minimum atomic E-state index is -1.22. The maximum absolute atomic E-state index is 11.6. The number of hydrogen-bond acceptors (Lipinski definition) is 3. The van der Waals surface area contributed by atoms with Crippen molar-refractivity contribution in [2.75, 3.05) is 0 Å². The highest BCUT2D eigenvalue weighted by atomic mass is 16.5. The van der Waals surface area contributed by atoms with Crippen LogP contribution >= 0.6 is 0 Å². The summed E-state index contributed by atoms with van der Waals surface area (Å²) in [6.07, 6.45) is -0.0564. The molecule has 0 fully saturated rings. The SMILES string of the molecule is CC(C)Oc1ccc(C(C)(C)C(=O)O)c(C(C)(C)C(=O)O)c1. The lowest BCUT2D eigenvalue weighted by Crippen LogP contribution is -2.36. The number of carboxylic acid groups (broad SMARTS) is 2. The van der Waals surface area contributed by atoms with Crippen LogP contribution in [0.1, 0.15) is 52.7 Å². The normalized spacial score (nSPS) is 12.3. The van der Waals surface area contributed by atoms with Gasteiger partial charge in [0.1, 0.15) is 5.75 Å². The van der Waals surface area contributed by atoms with E-state index >= 15 is 0 Å². The van der Waals surface area contributed by atoms with Gasteiger partial charge in [0.15, 0.2) is 0 Å². The molecule has 1 aromatic carbocycles. The van der Waals surface area contributed by atoms with Crippen molar-refractivity contribution in [1.29, 1.82) is 0 Å². The summed E-state index contributed by atoms with van der Waals surface area (Å²) in [5.74, 6) is -1.49. The van der Waals surface area contributed by atoms with Gasteiger partial charge in [-0.2, -0.15) is 0 Å². The molecule has 0 saturated heterocycles. The molecular formula is C17H24O5. The summed E-state index contributed by atoms with van der Waals surface area (Å²) in [4.78, 5) is 23.2. The van der Waals surface area contributed by atoms with Gasteiger partial charge in [0.05, 0.1) is 16.9 Å². The Morgan fingerprint density at radius 1 is 0.955 bits per heavy atom. The molecule has 22 heavy (non-hydrogen) atoms. The molecule has 0 unspecified atom stereocenters. The molecule has 5 heteroatoms. The fourth-order valence-electron chi connectivity index (χ4n) is 2.16. The van der Waals surface area contributed by atoms with E-state index in [0.717, 1.165) is 0 Å². The molecule has 2 N–H and O–H groups in total. The molecule has 1 aromatic rings. The van der Waals surface area contributed by atoms with Gasteiger partial charge < -0.3 is 14.9 Å². The number of aliphatic carboxylic acids is 2. The first-order chi connectivity index (χ1) is 9.90. The molecule has 0 aromatic heterocycles. The first-order valence-electron chi connectivity index (χ1n) is 7.19. The molecule has 0 aliphatic rings. The van der Waals surface area contributed by atoms with Crippen LogP contribution in [-0.4, -0.2) is 28.3 Å². The van der Waals surface area contributed by atoms with E-state index in [-0.39, 0.29) is 6.10 Å². The van der Waals surface area contributed by atoms with Crippen molar-refractivity contribution >= 4 is 11.9 Å². The molecule has 1 rings (SSSR count). The first kappa shape index (κ1) is 18.0. The Morgan fingerprint density at radius 3 is 1.82 bits per heavy atom. The molecule has 5 nitrogen and oxygen atoms in total. The molecule has 0 atom stereocenters. The standard InChI is InChI=1S/C17H24O5/c1-10(2)22-11-7-8-12(16(3,4)14(18)19)13(9-11)17(5,6)15(20)21/h7-10H,1-6H3,(H,18,19)(H,20,21). The number of benzene rings is 1. The minimum absolute atomic E-state index is 0.0564. The maximum atomic E-state index is 11.6. The Balaban J connectivity index is 3.58. The van der Waals surface area contributed by atoms with E-state index in [1.54, 1.807) is 45.9 Å². The lowest BCUT2D eigenvalue weighted by molar-refractivity contribution is -0.144. The van der Waals surface area contributed by atoms with Crippen LogP contribution in [0.4, 0.5) is 0 Å². The summed E-state index contributed by atoms with van der Waals surface area (Å²) in [5.41, 5.74) is -1.49. The molecule has 0 heterocycles. The van der Waals surface area contributed by atoms with E-state index in [2.05, 4.69) is 0 Å². The number of carboxylic acids is 2. The van der Waals surface area contributed by atoms with Gasteiger partial charge in [-0.05, 0) is 64.8 Å². The predicted molar refractivity (Wildman–Crippen MR) is 83.5 cm³/mol. The second kappa shape index (κ2) is 5.99. The van der Waals surface area contributed by atoms with Crippen LogP contribution in [-0.2, 0) is 20.4 Å². The van der Waals surface area contributed by atoms with E-state index in [0.29, 0.717) is 16.9 Å². The van der Waals surface area contributed by atoms with Crippen molar-refractivity contribution in [2.45, 2.75) is 58.5 Å². The van der Waals surface area contributed by atoms with Crippen LogP contribution < -0.4 is 4.74 Å². The van der Waals surface area contributed by atoms with Crippen molar-refractivity contribution in [3.8, 4) is 5.75 Å². The number of carbonyl (C=O) groups is 2. The van der Waals surface area contributed by atoms with Crippen LogP contribution in [0.25, 0.3) is 0 Å². The number of rotatable bonds is 6. The van der Waals surface area contributed by atoms with Crippen LogP contribution in [0.15, 0.2) is 18.2 Å². The number of ether oxygens (including phenoxy) is 1. The molecule has 0 aliphatic carbocycles. The molecule has 0 aliphatic heterocycles. The minimum Gasteiger partial charge on any atom is -0.491 e. The fourth-order valence-corrected chi connectivity index (χ4v) is 2.16. The first-order valence-corrected chi connectivity index (χ1v) is 7.19. The molecule has 122 valence electrons. The van der Waals surface area contributed by atoms with Crippen molar-refractivity contribution in [2.24, 2.45) is 0 Å². The summed E-state index contributed by atoms with van der Waals surface area (Å²) >= 11 is 0. The zero-order chi connectivity index (χ0) is 17.3. The summed E-state index contributed by atoms with van der Waals surface area (Å²) in [6, 6.07) is 4.96. The van der Waals surface area contributed by atoms with Gasteiger partial charge in [-0.1, -0.05) is 6.07 Å². The third-order valence-corrected chi connectivity index (χ3v) is 3.78. The molecule has 0 amide bonds. The Bertz CT molecular complexity index is 585. The highest BCUT2D eigenvalue weighted by molar-refractivity contribution is 5.85. The van der Waals surface area contributed by atoms with Crippen LogP contribution in [0.5, 0.6) is 5.75 Å². The molecule has 0 spiro atoms. The molecule has 0 bridgehead atoms. The third kappa shape index (κ3) is 3.40. The average Bonchev–Trinajstić information content (AvgIpc) is 2.37. The van der Waals surface area contributed by atoms with Gasteiger partial charge >= 0.3 is 11.9 Å². The van der Waals surface area contributed by atoms with E-state index in [9.17, 15) is 19.8 Å². The number of hydrogen-bond donors (Lipinski definition) is 2. The fraction of sp³-hybridized carbons (Fsp3) is 0.529. The van der Waals surface area contributed by atoms with Crippen molar-refractivity contribution < 1.29 is 24.5 Å². The quantitative estimate of drug-likeness (QED) is 0.843. The second-order valence-electron chi connectivity index (χ2n) is 6.73. The van der Waals surface area contributed by atoms with Crippen LogP contribution in [0.3, 0.4) is 0 Å². The van der Waals surface area contributed by atoms with E-state index in [4.69, 9.17) is 4.74 Å². The van der Waals surface area contributed by atoms with E-state index < -0.39 is 22.8 Å². The largest absolute Gasteiger partial charge is 0.491 e. The smallest absolute Gasteiger partial charge is 0.313 e. The Kier molecular flexibility index (Phi) is 4.90. The zero-order valence-electron chi connectivity index (χ0n) is 13.9. The van der Waals surface area contributed by atoms with E-state index in [1.165, 1.54) is 0 Å². The van der Waals surface area contributed by atoms with Gasteiger partial charge in [0.25, 0.3) is 0 Å². The lowest BCUT2D eigenvalue weighted by atomic mass is 9.73. The lowest BCUT2D eigenvalue weighted by Gasteiger charge is -2.30. The maximum Gasteiger partial charge on any atom is 0.313 e. The Labute approximate surface area is 130 Å². The molecule has 0 saturated carbocycles. The monoisotopic (exact) mass is 308 g/mol. The zero-order valence-corrected chi connectivity index (χ0v) is 13.9.